The van der Waals surface area contributed by atoms with Crippen LogP contribution in [0.4, 0.5) is 0 Å². The number of hydrogen-bond acceptors (Lipinski definition) is 3. The minimum absolute atomic E-state index is 0.579. The van der Waals surface area contributed by atoms with E-state index in [1.165, 1.54) is 0 Å². The van der Waals surface area contributed by atoms with Crippen molar-refractivity contribution in [3.05, 3.63) is 54.1 Å². The summed E-state index contributed by atoms with van der Waals surface area (Å²) in [6, 6.07) is 16.1. The number of rotatable bonds is 4. The van der Waals surface area contributed by atoms with Crippen LogP contribution >= 0.6 is 11.8 Å². The molecule has 4 heteroatoms. The Labute approximate surface area is 116 Å². The van der Waals surface area contributed by atoms with Crippen molar-refractivity contribution in [2.45, 2.75) is 11.8 Å². The highest BCUT2D eigenvalue weighted by molar-refractivity contribution is 7.98. The van der Waals surface area contributed by atoms with Crippen molar-refractivity contribution in [3.63, 3.8) is 0 Å². The molecule has 0 radical (unpaired) electrons. The van der Waals surface area contributed by atoms with Crippen LogP contribution in [-0.2, 0) is 6.61 Å². The molecule has 0 aliphatic carbocycles. The molecule has 0 amide bonds. The second-order valence-corrected chi connectivity index (χ2v) is 4.99. The van der Waals surface area contributed by atoms with Gasteiger partial charge >= 0.3 is 0 Å². The van der Waals surface area contributed by atoms with Crippen LogP contribution in [-0.4, -0.2) is 16.2 Å². The van der Waals surface area contributed by atoms with Crippen LogP contribution in [0, 0.1) is 0 Å². The number of aromatic nitrogens is 2. The maximum absolute atomic E-state index is 5.79. The first-order valence-electron chi connectivity index (χ1n) is 6.05. The van der Waals surface area contributed by atoms with E-state index >= 15 is 0 Å². The minimum Gasteiger partial charge on any atom is -0.489 e. The average Bonchev–Trinajstić information content (AvgIpc) is 2.88. The Hall–Kier alpha value is -1.94. The van der Waals surface area contributed by atoms with Gasteiger partial charge in [-0.15, -0.1) is 0 Å². The largest absolute Gasteiger partial charge is 0.489 e. The van der Waals surface area contributed by atoms with Gasteiger partial charge in [-0.05, 0) is 24.0 Å². The first kappa shape index (κ1) is 12.1. The molecule has 2 aromatic carbocycles. The quantitative estimate of drug-likeness (QED) is 0.731. The Balaban J connectivity index is 1.78. The Morgan fingerprint density at radius 2 is 2.00 bits per heavy atom. The maximum atomic E-state index is 5.79. The van der Waals surface area contributed by atoms with Crippen molar-refractivity contribution in [2.75, 3.05) is 6.26 Å². The highest BCUT2D eigenvalue weighted by atomic mass is 32.2. The van der Waals surface area contributed by atoms with Gasteiger partial charge in [0.05, 0.1) is 11.0 Å². The molecule has 1 N–H and O–H groups in total. The number of nitrogens with one attached hydrogen (secondary N) is 1. The lowest BCUT2D eigenvalue weighted by Gasteiger charge is -2.05. The third kappa shape index (κ3) is 2.74. The zero-order valence-corrected chi connectivity index (χ0v) is 11.4. The Morgan fingerprint density at radius 1 is 1.16 bits per heavy atom. The van der Waals surface area contributed by atoms with E-state index < -0.39 is 0 Å². The molecule has 0 saturated heterocycles. The van der Waals surface area contributed by atoms with Crippen LogP contribution in [0.5, 0.6) is 5.75 Å². The van der Waals surface area contributed by atoms with Crippen molar-refractivity contribution in [1.82, 2.24) is 9.97 Å². The summed E-state index contributed by atoms with van der Waals surface area (Å²) < 4.78 is 5.79. The zero-order chi connectivity index (χ0) is 13.1. The van der Waals surface area contributed by atoms with E-state index in [0.29, 0.717) is 6.61 Å². The molecule has 1 aromatic heterocycles. The summed E-state index contributed by atoms with van der Waals surface area (Å²) in [5.41, 5.74) is 3.14. The van der Waals surface area contributed by atoms with Crippen molar-refractivity contribution >= 4 is 22.8 Å². The number of fused-ring (bicyclic) bond motifs is 1. The topological polar surface area (TPSA) is 37.9 Å². The molecule has 0 bridgehead atoms. The number of thioether (sulfide) groups is 1. The lowest BCUT2D eigenvalue weighted by Crippen LogP contribution is -1.94. The third-order valence-corrected chi connectivity index (χ3v) is 3.45. The first-order valence-corrected chi connectivity index (χ1v) is 7.28. The summed E-state index contributed by atoms with van der Waals surface area (Å²) in [6.45, 7) is 0.579. The van der Waals surface area contributed by atoms with E-state index in [9.17, 15) is 0 Å². The Morgan fingerprint density at radius 3 is 2.79 bits per heavy atom. The predicted octanol–water partition coefficient (Wildman–Crippen LogP) is 3.86. The van der Waals surface area contributed by atoms with Crippen molar-refractivity contribution in [3.8, 4) is 5.75 Å². The number of H-pyrrole nitrogens is 1. The monoisotopic (exact) mass is 270 g/mol. The van der Waals surface area contributed by atoms with Crippen LogP contribution < -0.4 is 4.74 Å². The van der Waals surface area contributed by atoms with Crippen molar-refractivity contribution in [2.24, 2.45) is 0 Å². The maximum Gasteiger partial charge on any atom is 0.166 e. The molecule has 19 heavy (non-hydrogen) atoms. The summed E-state index contributed by atoms with van der Waals surface area (Å²) in [6.07, 6.45) is 2.00. The highest BCUT2D eigenvalue weighted by Crippen LogP contribution is 2.22. The van der Waals surface area contributed by atoms with E-state index in [-0.39, 0.29) is 0 Å². The summed E-state index contributed by atoms with van der Waals surface area (Å²) in [5.74, 6) is 0.854. The summed E-state index contributed by atoms with van der Waals surface area (Å²) >= 11 is 1.60. The number of ether oxygens (including phenoxy) is 1. The molecule has 3 rings (SSSR count). The fraction of sp³-hybridized carbons (Fsp3) is 0.133. The van der Waals surface area contributed by atoms with E-state index in [1.807, 2.05) is 42.7 Å². The van der Waals surface area contributed by atoms with E-state index in [0.717, 1.165) is 27.5 Å². The SMILES string of the molecule is CSc1nc2ccc(OCc3ccccc3)cc2[nH]1. The van der Waals surface area contributed by atoms with E-state index in [4.69, 9.17) is 4.74 Å². The molecule has 3 aromatic rings. The second kappa shape index (κ2) is 5.36. The standard InChI is InChI=1S/C15H14N2OS/c1-19-15-16-13-8-7-12(9-14(13)17-15)18-10-11-5-3-2-4-6-11/h2-9H,10H2,1H3,(H,16,17). The van der Waals surface area contributed by atoms with Gasteiger partial charge in [-0.1, -0.05) is 42.1 Å². The van der Waals surface area contributed by atoms with Gasteiger partial charge in [-0.25, -0.2) is 4.98 Å². The third-order valence-electron chi connectivity index (χ3n) is 2.87. The lowest BCUT2D eigenvalue weighted by atomic mass is 10.2. The van der Waals surface area contributed by atoms with Crippen LogP contribution in [0.1, 0.15) is 5.56 Å². The van der Waals surface area contributed by atoms with E-state index in [1.54, 1.807) is 11.8 Å². The molecule has 0 saturated carbocycles. The fourth-order valence-corrected chi connectivity index (χ4v) is 2.29. The number of imidazole rings is 1. The first-order chi connectivity index (χ1) is 9.35. The van der Waals surface area contributed by atoms with Gasteiger partial charge in [0.15, 0.2) is 5.16 Å². The number of benzene rings is 2. The minimum atomic E-state index is 0.579. The van der Waals surface area contributed by atoms with Crippen molar-refractivity contribution < 1.29 is 4.74 Å². The molecule has 96 valence electrons. The summed E-state index contributed by atoms with van der Waals surface area (Å²) in [4.78, 5) is 7.70. The van der Waals surface area contributed by atoms with E-state index in [2.05, 4.69) is 22.1 Å². The molecule has 0 aliphatic heterocycles. The molecule has 0 atom stereocenters. The molecule has 3 nitrogen and oxygen atoms in total. The Bertz CT molecular complexity index is 679. The lowest BCUT2D eigenvalue weighted by molar-refractivity contribution is 0.306. The van der Waals surface area contributed by atoms with Crippen LogP contribution in [0.25, 0.3) is 11.0 Å². The van der Waals surface area contributed by atoms with Gasteiger partial charge < -0.3 is 9.72 Å². The van der Waals surface area contributed by atoms with Gasteiger partial charge in [0.1, 0.15) is 12.4 Å². The molecule has 0 fully saturated rings. The Kier molecular flexibility index (Phi) is 3.42. The van der Waals surface area contributed by atoms with Gasteiger partial charge in [0, 0.05) is 6.07 Å². The predicted molar refractivity (Wildman–Crippen MR) is 78.6 cm³/mol. The molecule has 0 unspecified atom stereocenters. The van der Waals surface area contributed by atoms with Crippen LogP contribution in [0.3, 0.4) is 0 Å². The number of hydrogen-bond donors (Lipinski definition) is 1. The molecule has 1 heterocycles. The van der Waals surface area contributed by atoms with Gasteiger partial charge in [0.25, 0.3) is 0 Å². The van der Waals surface area contributed by atoms with Crippen LogP contribution in [0.2, 0.25) is 0 Å². The van der Waals surface area contributed by atoms with Crippen molar-refractivity contribution in [1.29, 1.82) is 0 Å². The van der Waals surface area contributed by atoms with Gasteiger partial charge in [-0.2, -0.15) is 0 Å². The zero-order valence-electron chi connectivity index (χ0n) is 10.6. The molecular weight excluding hydrogens is 256 g/mol. The molecule has 0 aliphatic rings. The second-order valence-electron chi connectivity index (χ2n) is 4.20. The molecule has 0 spiro atoms. The van der Waals surface area contributed by atoms with Gasteiger partial charge in [0.2, 0.25) is 0 Å². The number of nitrogens with zero attached hydrogens (tertiary/aromatic N) is 1. The van der Waals surface area contributed by atoms with Gasteiger partial charge in [-0.3, -0.25) is 0 Å². The molecular formula is C15H14N2OS. The van der Waals surface area contributed by atoms with Crippen LogP contribution in [0.15, 0.2) is 53.7 Å². The summed E-state index contributed by atoms with van der Waals surface area (Å²) in [5, 5.41) is 0.926. The highest BCUT2D eigenvalue weighted by Gasteiger charge is 2.03. The number of aromatic amines is 1. The average molecular weight is 270 g/mol. The smallest absolute Gasteiger partial charge is 0.166 e. The fourth-order valence-electron chi connectivity index (χ4n) is 1.89. The summed E-state index contributed by atoms with van der Waals surface area (Å²) in [7, 11) is 0. The normalized spacial score (nSPS) is 10.8.